The summed E-state index contributed by atoms with van der Waals surface area (Å²) in [5, 5.41) is 13.0. The van der Waals surface area contributed by atoms with E-state index in [0.29, 0.717) is 38.8 Å². The van der Waals surface area contributed by atoms with Crippen molar-refractivity contribution in [2.45, 2.75) is 43.2 Å². The maximum atomic E-state index is 13.2. The SMILES string of the molecule is Cn1c(-c2ccc(CO)cc2)cc2ccc(S(=O)(=O)NC3CCC(C(=O)N4CCNC(=O)C4)CC3)cc21. The molecule has 5 rings (SSSR count). The predicted octanol–water partition coefficient (Wildman–Crippen LogP) is 2.13. The minimum Gasteiger partial charge on any atom is -0.392 e. The van der Waals surface area contributed by atoms with Crippen LogP contribution in [-0.4, -0.2) is 60.5 Å². The van der Waals surface area contributed by atoms with Gasteiger partial charge < -0.3 is 19.9 Å². The number of rotatable bonds is 6. The summed E-state index contributed by atoms with van der Waals surface area (Å²) in [5.41, 5.74) is 3.58. The normalized spacial score (nSPS) is 20.7. The van der Waals surface area contributed by atoms with Gasteiger partial charge in [-0.3, -0.25) is 9.59 Å². The first-order chi connectivity index (χ1) is 17.7. The Labute approximate surface area is 216 Å². The number of aryl methyl sites for hydroxylation is 1. The summed E-state index contributed by atoms with van der Waals surface area (Å²) in [7, 11) is -1.83. The fourth-order valence-corrected chi connectivity index (χ4v) is 6.69. The highest BCUT2D eigenvalue weighted by Gasteiger charge is 2.33. The molecule has 196 valence electrons. The van der Waals surface area contributed by atoms with E-state index in [9.17, 15) is 23.1 Å². The molecule has 2 fully saturated rings. The molecule has 1 aromatic heterocycles. The largest absolute Gasteiger partial charge is 0.392 e. The molecule has 0 bridgehead atoms. The van der Waals surface area contributed by atoms with E-state index in [-0.39, 0.29) is 41.8 Å². The zero-order chi connectivity index (χ0) is 26.2. The number of nitrogens with zero attached hydrogens (tertiary/aromatic N) is 2. The third-order valence-corrected chi connectivity index (χ3v) is 9.03. The number of carbonyl (C=O) groups excluding carboxylic acids is 2. The van der Waals surface area contributed by atoms with Crippen LogP contribution in [0.4, 0.5) is 0 Å². The van der Waals surface area contributed by atoms with Crippen molar-refractivity contribution in [2.75, 3.05) is 19.6 Å². The van der Waals surface area contributed by atoms with Gasteiger partial charge in [-0.25, -0.2) is 13.1 Å². The van der Waals surface area contributed by atoms with Crippen LogP contribution in [0.2, 0.25) is 0 Å². The molecule has 0 unspecified atom stereocenters. The number of piperazine rings is 1. The summed E-state index contributed by atoms with van der Waals surface area (Å²) in [4.78, 5) is 26.2. The first kappa shape index (κ1) is 25.4. The molecule has 9 nitrogen and oxygen atoms in total. The van der Waals surface area contributed by atoms with Crippen LogP contribution in [0.1, 0.15) is 31.2 Å². The van der Waals surface area contributed by atoms with Crippen molar-refractivity contribution in [3.63, 3.8) is 0 Å². The molecule has 1 aliphatic heterocycles. The zero-order valence-electron chi connectivity index (χ0n) is 20.8. The van der Waals surface area contributed by atoms with E-state index in [1.54, 1.807) is 17.0 Å². The van der Waals surface area contributed by atoms with Gasteiger partial charge in [0.15, 0.2) is 0 Å². The molecule has 1 saturated heterocycles. The third kappa shape index (κ3) is 5.27. The number of fused-ring (bicyclic) bond motifs is 1. The molecule has 0 atom stereocenters. The first-order valence-corrected chi connectivity index (χ1v) is 14.1. The van der Waals surface area contributed by atoms with E-state index in [2.05, 4.69) is 10.0 Å². The first-order valence-electron chi connectivity index (χ1n) is 12.6. The van der Waals surface area contributed by atoms with Crippen molar-refractivity contribution in [1.29, 1.82) is 0 Å². The third-order valence-electron chi connectivity index (χ3n) is 7.51. The van der Waals surface area contributed by atoms with Gasteiger partial charge in [0.1, 0.15) is 0 Å². The van der Waals surface area contributed by atoms with Gasteiger partial charge in [-0.1, -0.05) is 30.3 Å². The summed E-state index contributed by atoms with van der Waals surface area (Å²) in [6.45, 7) is 1.08. The molecule has 1 aliphatic carbocycles. The Morgan fingerprint density at radius 1 is 1.08 bits per heavy atom. The van der Waals surface area contributed by atoms with Crippen LogP contribution >= 0.6 is 0 Å². The molecule has 37 heavy (non-hydrogen) atoms. The molecule has 2 aliphatic rings. The van der Waals surface area contributed by atoms with Gasteiger partial charge in [-0.05, 0) is 55.0 Å². The van der Waals surface area contributed by atoms with Crippen LogP contribution in [0.25, 0.3) is 22.2 Å². The molecule has 2 amide bonds. The lowest BCUT2D eigenvalue weighted by molar-refractivity contribution is -0.142. The highest BCUT2D eigenvalue weighted by Crippen LogP contribution is 2.31. The second kappa shape index (κ2) is 10.3. The molecule has 10 heteroatoms. The number of benzene rings is 2. The Balaban J connectivity index is 1.26. The Morgan fingerprint density at radius 2 is 1.81 bits per heavy atom. The van der Waals surface area contributed by atoms with Crippen LogP contribution in [0, 0.1) is 5.92 Å². The number of aliphatic hydroxyl groups excluding tert-OH is 1. The van der Waals surface area contributed by atoms with Crippen molar-refractivity contribution in [3.8, 4) is 11.3 Å². The lowest BCUT2D eigenvalue weighted by Crippen LogP contribution is -2.52. The summed E-state index contributed by atoms with van der Waals surface area (Å²) < 4.78 is 31.3. The molecular formula is C27H32N4O5S. The number of sulfonamides is 1. The summed E-state index contributed by atoms with van der Waals surface area (Å²) in [6.07, 6.45) is 2.35. The molecule has 0 radical (unpaired) electrons. The molecular weight excluding hydrogens is 492 g/mol. The summed E-state index contributed by atoms with van der Waals surface area (Å²) >= 11 is 0. The number of nitrogens with one attached hydrogen (secondary N) is 2. The second-order valence-electron chi connectivity index (χ2n) is 9.94. The Morgan fingerprint density at radius 3 is 2.49 bits per heavy atom. The highest BCUT2D eigenvalue weighted by molar-refractivity contribution is 7.89. The minimum absolute atomic E-state index is 0.00729. The average molecular weight is 525 g/mol. The van der Waals surface area contributed by atoms with Gasteiger partial charge in [0.05, 0.1) is 18.0 Å². The fraction of sp³-hybridized carbons (Fsp3) is 0.407. The summed E-state index contributed by atoms with van der Waals surface area (Å²) in [5.74, 6) is -0.314. The lowest BCUT2D eigenvalue weighted by atomic mass is 9.85. The van der Waals surface area contributed by atoms with E-state index in [1.165, 1.54) is 0 Å². The number of carbonyl (C=O) groups is 2. The van der Waals surface area contributed by atoms with Crippen molar-refractivity contribution < 1.29 is 23.1 Å². The van der Waals surface area contributed by atoms with Gasteiger partial charge in [0, 0.05) is 48.7 Å². The van der Waals surface area contributed by atoms with Crippen molar-refractivity contribution in [1.82, 2.24) is 19.5 Å². The van der Waals surface area contributed by atoms with Gasteiger partial charge >= 0.3 is 0 Å². The van der Waals surface area contributed by atoms with E-state index < -0.39 is 10.0 Å². The number of hydrogen-bond acceptors (Lipinski definition) is 5. The standard InChI is InChI=1S/C27H32N4O5S/c1-30-24(19-4-2-18(17-32)3-5-19)14-21-8-11-23(15-25(21)30)37(35,36)29-22-9-6-20(7-10-22)27(34)31-13-12-28-26(33)16-31/h2-5,8,11,14-15,20,22,29,32H,6-7,9-10,12-13,16-17H2,1H3,(H,28,33). The van der Waals surface area contributed by atoms with Gasteiger partial charge in [0.25, 0.3) is 0 Å². The van der Waals surface area contributed by atoms with Crippen LogP contribution in [-0.2, 0) is 33.3 Å². The lowest BCUT2D eigenvalue weighted by Gasteiger charge is -2.33. The second-order valence-corrected chi connectivity index (χ2v) is 11.7. The van der Waals surface area contributed by atoms with E-state index in [0.717, 1.165) is 27.7 Å². The number of amides is 2. The quantitative estimate of drug-likeness (QED) is 0.456. The Hall–Kier alpha value is -3.21. The minimum atomic E-state index is -3.74. The van der Waals surface area contributed by atoms with Gasteiger partial charge in [-0.2, -0.15) is 0 Å². The van der Waals surface area contributed by atoms with E-state index in [4.69, 9.17) is 0 Å². The molecule has 2 heterocycles. The van der Waals surface area contributed by atoms with Crippen LogP contribution < -0.4 is 10.0 Å². The van der Waals surface area contributed by atoms with E-state index in [1.807, 2.05) is 48.0 Å². The Bertz CT molecular complexity index is 1420. The maximum absolute atomic E-state index is 13.2. The van der Waals surface area contributed by atoms with E-state index >= 15 is 0 Å². The predicted molar refractivity (Wildman–Crippen MR) is 140 cm³/mol. The van der Waals surface area contributed by atoms with Gasteiger partial charge in [0.2, 0.25) is 21.8 Å². The Kier molecular flexibility index (Phi) is 7.06. The van der Waals surface area contributed by atoms with Crippen LogP contribution in [0.3, 0.4) is 0 Å². The monoisotopic (exact) mass is 524 g/mol. The molecule has 3 aromatic rings. The number of aromatic nitrogens is 1. The topological polar surface area (TPSA) is 121 Å². The zero-order valence-corrected chi connectivity index (χ0v) is 21.6. The smallest absolute Gasteiger partial charge is 0.240 e. The molecule has 1 saturated carbocycles. The van der Waals surface area contributed by atoms with Crippen LogP contribution in [0.5, 0.6) is 0 Å². The van der Waals surface area contributed by atoms with Crippen molar-refractivity contribution >= 4 is 32.7 Å². The number of hydrogen-bond donors (Lipinski definition) is 3. The molecule has 2 aromatic carbocycles. The van der Waals surface area contributed by atoms with Gasteiger partial charge in [-0.15, -0.1) is 0 Å². The molecule has 0 spiro atoms. The number of aliphatic hydroxyl groups is 1. The van der Waals surface area contributed by atoms with Crippen molar-refractivity contribution in [2.24, 2.45) is 13.0 Å². The molecule has 3 N–H and O–H groups in total. The van der Waals surface area contributed by atoms with Crippen LogP contribution in [0.15, 0.2) is 53.4 Å². The maximum Gasteiger partial charge on any atom is 0.240 e. The fourth-order valence-electron chi connectivity index (χ4n) is 5.37. The highest BCUT2D eigenvalue weighted by atomic mass is 32.2. The summed E-state index contributed by atoms with van der Waals surface area (Å²) in [6, 6.07) is 14.6. The average Bonchev–Trinajstić information content (AvgIpc) is 3.24. The van der Waals surface area contributed by atoms with Crippen molar-refractivity contribution in [3.05, 3.63) is 54.1 Å².